The molecule has 0 unspecified atom stereocenters. The van der Waals surface area contributed by atoms with E-state index < -0.39 is 0 Å². The molecule has 0 atom stereocenters. The van der Waals surface area contributed by atoms with Crippen LogP contribution in [0.4, 0.5) is 5.82 Å². The molecule has 0 aliphatic carbocycles. The molecule has 1 aromatic heterocycles. The maximum absolute atomic E-state index is 6.25. The Kier molecular flexibility index (Phi) is 6.97. The van der Waals surface area contributed by atoms with Gasteiger partial charge in [0.15, 0.2) is 17.3 Å². The molecular weight excluding hydrogens is 392 g/mol. The highest BCUT2D eigenvalue weighted by atomic mass is 16.5. The van der Waals surface area contributed by atoms with E-state index in [1.54, 1.807) is 21.3 Å². The minimum atomic E-state index is 0.546. The van der Waals surface area contributed by atoms with Crippen LogP contribution in [-0.2, 0) is 6.54 Å². The molecule has 0 fully saturated rings. The summed E-state index contributed by atoms with van der Waals surface area (Å²) >= 11 is 0. The molecule has 2 aromatic carbocycles. The zero-order valence-corrected chi connectivity index (χ0v) is 18.5. The third-order valence-corrected chi connectivity index (χ3v) is 4.78. The summed E-state index contributed by atoms with van der Waals surface area (Å²) in [5.74, 6) is 3.35. The average Bonchev–Trinajstić information content (AvgIpc) is 2.77. The van der Waals surface area contributed by atoms with E-state index in [1.807, 2.05) is 62.4 Å². The molecule has 7 heteroatoms. The van der Waals surface area contributed by atoms with Crippen molar-refractivity contribution in [2.24, 2.45) is 5.73 Å². The van der Waals surface area contributed by atoms with Gasteiger partial charge < -0.3 is 25.3 Å². The van der Waals surface area contributed by atoms with Crippen molar-refractivity contribution in [3.05, 3.63) is 76.9 Å². The first-order chi connectivity index (χ1) is 14.9. The van der Waals surface area contributed by atoms with Gasteiger partial charge in [-0.25, -0.2) is 9.97 Å². The predicted molar refractivity (Wildman–Crippen MR) is 123 cm³/mol. The first-order valence-corrected chi connectivity index (χ1v) is 9.86. The Bertz CT molecular complexity index is 1070. The summed E-state index contributed by atoms with van der Waals surface area (Å²) in [7, 11) is 4.86. The van der Waals surface area contributed by atoms with Crippen LogP contribution in [0.5, 0.6) is 17.2 Å². The number of rotatable bonds is 8. The number of anilines is 1. The molecular formula is C24H28N4O3. The molecule has 1 heterocycles. The van der Waals surface area contributed by atoms with Crippen LogP contribution in [0.2, 0.25) is 0 Å². The van der Waals surface area contributed by atoms with E-state index in [9.17, 15) is 0 Å². The summed E-state index contributed by atoms with van der Waals surface area (Å²) in [5.41, 5.74) is 10.4. The van der Waals surface area contributed by atoms with Gasteiger partial charge in [-0.1, -0.05) is 18.2 Å². The predicted octanol–water partition coefficient (Wildman–Crippen LogP) is 4.16. The van der Waals surface area contributed by atoms with E-state index >= 15 is 0 Å². The average molecular weight is 421 g/mol. The number of nitrogens with two attached hydrogens (primary N) is 1. The molecule has 0 spiro atoms. The zero-order chi connectivity index (χ0) is 22.4. The Hall–Kier alpha value is -3.74. The van der Waals surface area contributed by atoms with Gasteiger partial charge in [-0.3, -0.25) is 0 Å². The monoisotopic (exact) mass is 420 g/mol. The van der Waals surface area contributed by atoms with Gasteiger partial charge in [-0.2, -0.15) is 0 Å². The highest BCUT2D eigenvalue weighted by Gasteiger charge is 2.15. The maximum Gasteiger partial charge on any atom is 0.164 e. The summed E-state index contributed by atoms with van der Waals surface area (Å²) < 4.78 is 16.0. The number of nitrogens with zero attached hydrogens (tertiary/aromatic N) is 2. The zero-order valence-electron chi connectivity index (χ0n) is 18.5. The molecule has 7 nitrogen and oxygen atoms in total. The van der Waals surface area contributed by atoms with Crippen molar-refractivity contribution >= 4 is 11.4 Å². The van der Waals surface area contributed by atoms with Crippen LogP contribution >= 0.6 is 0 Å². The molecule has 0 aliphatic heterocycles. The third-order valence-electron chi connectivity index (χ3n) is 4.78. The van der Waals surface area contributed by atoms with Crippen LogP contribution in [0.15, 0.2) is 54.2 Å². The molecule has 0 saturated carbocycles. The van der Waals surface area contributed by atoms with Crippen molar-refractivity contribution < 1.29 is 14.2 Å². The standard InChI is InChI=1S/C24H28N4O3/c1-15-12-22(26-14-17-6-9-19(29-3)10-7-17)28-24(27-15)23(16(2)25)18-8-11-20(30-4)21(13-18)31-5/h6-13H,14,25H2,1-5H3,(H,26,27,28). The van der Waals surface area contributed by atoms with Crippen molar-refractivity contribution in [2.45, 2.75) is 20.4 Å². The second-order valence-corrected chi connectivity index (χ2v) is 7.05. The normalized spacial score (nSPS) is 11.5. The molecule has 31 heavy (non-hydrogen) atoms. The second kappa shape index (κ2) is 9.84. The van der Waals surface area contributed by atoms with E-state index in [0.29, 0.717) is 29.6 Å². The van der Waals surface area contributed by atoms with Gasteiger partial charge in [0.2, 0.25) is 0 Å². The summed E-state index contributed by atoms with van der Waals surface area (Å²) in [5, 5.41) is 3.37. The fraction of sp³-hybridized carbons (Fsp3) is 0.250. The lowest BCUT2D eigenvalue weighted by molar-refractivity contribution is 0.355. The Balaban J connectivity index is 1.91. The Morgan fingerprint density at radius 3 is 2.23 bits per heavy atom. The van der Waals surface area contributed by atoms with Crippen LogP contribution < -0.4 is 25.3 Å². The van der Waals surface area contributed by atoms with Gasteiger partial charge in [0, 0.05) is 29.6 Å². The number of aryl methyl sites for hydroxylation is 1. The van der Waals surface area contributed by atoms with Crippen LogP contribution in [0.1, 0.15) is 29.6 Å². The fourth-order valence-electron chi connectivity index (χ4n) is 3.23. The van der Waals surface area contributed by atoms with Crippen molar-refractivity contribution in [3.63, 3.8) is 0 Å². The van der Waals surface area contributed by atoms with E-state index in [-0.39, 0.29) is 0 Å². The number of nitrogens with one attached hydrogen (secondary N) is 1. The van der Waals surface area contributed by atoms with E-state index in [0.717, 1.165) is 34.0 Å². The number of benzene rings is 2. The highest BCUT2D eigenvalue weighted by molar-refractivity contribution is 5.79. The minimum absolute atomic E-state index is 0.546. The number of aromatic nitrogens is 2. The molecule has 0 radical (unpaired) electrons. The third kappa shape index (κ3) is 5.25. The number of allylic oxidation sites excluding steroid dienone is 1. The van der Waals surface area contributed by atoms with Gasteiger partial charge >= 0.3 is 0 Å². The summed E-state index contributed by atoms with van der Waals surface area (Å²) in [4.78, 5) is 9.35. The van der Waals surface area contributed by atoms with Crippen LogP contribution in [0.25, 0.3) is 5.57 Å². The van der Waals surface area contributed by atoms with Crippen molar-refractivity contribution in [2.75, 3.05) is 26.6 Å². The van der Waals surface area contributed by atoms with Crippen LogP contribution in [-0.4, -0.2) is 31.3 Å². The largest absolute Gasteiger partial charge is 0.497 e. The van der Waals surface area contributed by atoms with Gasteiger partial charge in [0.05, 0.1) is 21.3 Å². The quantitative estimate of drug-likeness (QED) is 0.565. The van der Waals surface area contributed by atoms with E-state index in [1.165, 1.54) is 0 Å². The minimum Gasteiger partial charge on any atom is -0.497 e. The lowest BCUT2D eigenvalue weighted by atomic mass is 10.0. The molecule has 0 amide bonds. The molecule has 3 aromatic rings. The van der Waals surface area contributed by atoms with Crippen LogP contribution in [0, 0.1) is 6.92 Å². The number of ether oxygens (including phenoxy) is 3. The number of hydrogen-bond acceptors (Lipinski definition) is 7. The van der Waals surface area contributed by atoms with Crippen molar-refractivity contribution in [1.82, 2.24) is 9.97 Å². The summed E-state index contributed by atoms with van der Waals surface area (Å²) in [6.45, 7) is 4.39. The highest BCUT2D eigenvalue weighted by Crippen LogP contribution is 2.33. The Morgan fingerprint density at radius 2 is 1.61 bits per heavy atom. The van der Waals surface area contributed by atoms with Gasteiger partial charge in [0.25, 0.3) is 0 Å². The lowest BCUT2D eigenvalue weighted by Crippen LogP contribution is -2.08. The topological polar surface area (TPSA) is 91.5 Å². The SMILES string of the molecule is COc1ccc(CNc2cc(C)nc(C(=C(C)N)c3ccc(OC)c(OC)c3)n2)cc1. The van der Waals surface area contributed by atoms with Crippen LogP contribution in [0.3, 0.4) is 0 Å². The fourth-order valence-corrected chi connectivity index (χ4v) is 3.23. The van der Waals surface area contributed by atoms with E-state index in [4.69, 9.17) is 24.9 Å². The lowest BCUT2D eigenvalue weighted by Gasteiger charge is -2.15. The van der Waals surface area contributed by atoms with E-state index in [2.05, 4.69) is 10.3 Å². The van der Waals surface area contributed by atoms with Gasteiger partial charge in [-0.15, -0.1) is 0 Å². The first-order valence-electron chi connectivity index (χ1n) is 9.86. The number of hydrogen-bond donors (Lipinski definition) is 2. The smallest absolute Gasteiger partial charge is 0.164 e. The second-order valence-electron chi connectivity index (χ2n) is 7.05. The first kappa shape index (κ1) is 22.0. The molecule has 0 aliphatic rings. The maximum atomic E-state index is 6.25. The molecule has 3 rings (SSSR count). The number of methoxy groups -OCH3 is 3. The van der Waals surface area contributed by atoms with Crippen molar-refractivity contribution in [1.29, 1.82) is 0 Å². The Morgan fingerprint density at radius 1 is 0.903 bits per heavy atom. The summed E-state index contributed by atoms with van der Waals surface area (Å²) in [6.07, 6.45) is 0. The molecule has 162 valence electrons. The Labute approximate surface area is 182 Å². The van der Waals surface area contributed by atoms with Gasteiger partial charge in [-0.05, 0) is 49.2 Å². The molecule has 0 saturated heterocycles. The van der Waals surface area contributed by atoms with Gasteiger partial charge in [0.1, 0.15) is 11.6 Å². The van der Waals surface area contributed by atoms with Crippen molar-refractivity contribution in [3.8, 4) is 17.2 Å². The molecule has 3 N–H and O–H groups in total. The molecule has 0 bridgehead atoms. The summed E-state index contributed by atoms with van der Waals surface area (Å²) in [6, 6.07) is 15.4.